The highest BCUT2D eigenvalue weighted by atomic mass is 35.5. The molecular formula is C28H32ClN5O. The average Bonchev–Trinajstić information content (AvgIpc) is 2.89. The third-order valence-electron chi connectivity index (χ3n) is 7.09. The maximum Gasteiger partial charge on any atom is 0.254 e. The van der Waals surface area contributed by atoms with Gasteiger partial charge in [-0.3, -0.25) is 4.79 Å². The van der Waals surface area contributed by atoms with Gasteiger partial charge in [-0.2, -0.15) is 4.98 Å². The van der Waals surface area contributed by atoms with Crippen LogP contribution in [0.4, 0.5) is 11.8 Å². The normalized spacial score (nSPS) is 16.2. The van der Waals surface area contributed by atoms with Crippen molar-refractivity contribution < 1.29 is 4.79 Å². The third-order valence-corrected chi connectivity index (χ3v) is 7.34. The van der Waals surface area contributed by atoms with E-state index in [0.29, 0.717) is 23.7 Å². The largest absolute Gasteiger partial charge is 0.356 e. The van der Waals surface area contributed by atoms with E-state index >= 15 is 0 Å². The molecule has 0 saturated carbocycles. The smallest absolute Gasteiger partial charge is 0.254 e. The number of carbonyl (C=O) groups is 1. The summed E-state index contributed by atoms with van der Waals surface area (Å²) in [6.07, 6.45) is 3.03. The predicted molar refractivity (Wildman–Crippen MR) is 141 cm³/mol. The quantitative estimate of drug-likeness (QED) is 0.493. The molecule has 1 saturated heterocycles. The lowest BCUT2D eigenvalue weighted by Crippen LogP contribution is -2.40. The molecule has 5 rings (SSSR count). The summed E-state index contributed by atoms with van der Waals surface area (Å²) in [5, 5.41) is 0.632. The SMILES string of the molecule is CC1CCN(c2nc(N(C)Cc3ccccc3)nc3c2CN(C(=O)c2ccc(Cl)cc2)CC3)CC1. The molecule has 0 bridgehead atoms. The Morgan fingerprint density at radius 1 is 1.03 bits per heavy atom. The number of piperidine rings is 1. The molecule has 2 aliphatic rings. The average molecular weight is 490 g/mol. The monoisotopic (exact) mass is 489 g/mol. The Bertz CT molecular complexity index is 1180. The van der Waals surface area contributed by atoms with Gasteiger partial charge in [0.1, 0.15) is 5.82 Å². The van der Waals surface area contributed by atoms with E-state index < -0.39 is 0 Å². The van der Waals surface area contributed by atoms with Crippen LogP contribution in [0, 0.1) is 5.92 Å². The molecule has 1 fully saturated rings. The van der Waals surface area contributed by atoms with Gasteiger partial charge >= 0.3 is 0 Å². The molecule has 1 amide bonds. The summed E-state index contributed by atoms with van der Waals surface area (Å²) in [5.41, 5.74) is 4.03. The van der Waals surface area contributed by atoms with Crippen molar-refractivity contribution in [2.24, 2.45) is 5.92 Å². The van der Waals surface area contributed by atoms with Gasteiger partial charge < -0.3 is 14.7 Å². The number of hydrogen-bond acceptors (Lipinski definition) is 5. The molecular weight excluding hydrogens is 458 g/mol. The number of rotatable bonds is 5. The second kappa shape index (κ2) is 10.2. The summed E-state index contributed by atoms with van der Waals surface area (Å²) < 4.78 is 0. The first-order valence-electron chi connectivity index (χ1n) is 12.4. The summed E-state index contributed by atoms with van der Waals surface area (Å²) in [6, 6.07) is 17.5. The molecule has 35 heavy (non-hydrogen) atoms. The number of aromatic nitrogens is 2. The van der Waals surface area contributed by atoms with Crippen LogP contribution in [-0.2, 0) is 19.5 Å². The van der Waals surface area contributed by atoms with E-state index in [1.165, 1.54) is 5.56 Å². The molecule has 7 heteroatoms. The van der Waals surface area contributed by atoms with Crippen LogP contribution in [-0.4, -0.2) is 47.5 Å². The number of amides is 1. The van der Waals surface area contributed by atoms with Crippen molar-refractivity contribution in [3.05, 3.63) is 82.0 Å². The minimum Gasteiger partial charge on any atom is -0.356 e. The van der Waals surface area contributed by atoms with Crippen molar-refractivity contribution >= 4 is 29.3 Å². The van der Waals surface area contributed by atoms with Crippen molar-refractivity contribution in [2.75, 3.05) is 36.5 Å². The van der Waals surface area contributed by atoms with Gasteiger partial charge in [0.15, 0.2) is 0 Å². The fourth-order valence-electron chi connectivity index (χ4n) is 4.91. The highest BCUT2D eigenvalue weighted by Crippen LogP contribution is 2.32. The van der Waals surface area contributed by atoms with E-state index in [-0.39, 0.29) is 5.91 Å². The van der Waals surface area contributed by atoms with Gasteiger partial charge in [-0.15, -0.1) is 0 Å². The fraction of sp³-hybridized carbons (Fsp3) is 0.393. The Hall–Kier alpha value is -3.12. The molecule has 0 unspecified atom stereocenters. The van der Waals surface area contributed by atoms with Crippen molar-refractivity contribution in [3.8, 4) is 0 Å². The van der Waals surface area contributed by atoms with E-state index in [1.54, 1.807) is 24.3 Å². The zero-order valence-electron chi connectivity index (χ0n) is 20.5. The van der Waals surface area contributed by atoms with Crippen molar-refractivity contribution in [2.45, 2.75) is 39.3 Å². The highest BCUT2D eigenvalue weighted by Gasteiger charge is 2.30. The number of halogens is 1. The molecule has 0 spiro atoms. The van der Waals surface area contributed by atoms with Crippen LogP contribution in [0.2, 0.25) is 5.02 Å². The predicted octanol–water partition coefficient (Wildman–Crippen LogP) is 5.20. The maximum atomic E-state index is 13.2. The van der Waals surface area contributed by atoms with Crippen LogP contribution in [0.3, 0.4) is 0 Å². The van der Waals surface area contributed by atoms with Gasteiger partial charge in [-0.05, 0) is 48.6 Å². The molecule has 182 valence electrons. The second-order valence-corrected chi connectivity index (χ2v) is 10.2. The van der Waals surface area contributed by atoms with E-state index in [1.807, 2.05) is 11.0 Å². The van der Waals surface area contributed by atoms with Crippen LogP contribution < -0.4 is 9.80 Å². The first kappa shape index (κ1) is 23.6. The first-order chi connectivity index (χ1) is 17.0. The zero-order chi connectivity index (χ0) is 24.4. The molecule has 3 aromatic rings. The lowest BCUT2D eigenvalue weighted by Gasteiger charge is -2.36. The van der Waals surface area contributed by atoms with Gasteiger partial charge in [-0.1, -0.05) is 48.9 Å². The van der Waals surface area contributed by atoms with E-state index in [2.05, 4.69) is 48.0 Å². The van der Waals surface area contributed by atoms with Crippen molar-refractivity contribution in [3.63, 3.8) is 0 Å². The van der Waals surface area contributed by atoms with Crippen LogP contribution >= 0.6 is 11.6 Å². The number of carbonyl (C=O) groups excluding carboxylic acids is 1. The Balaban J connectivity index is 1.45. The Morgan fingerprint density at radius 2 is 1.74 bits per heavy atom. The number of fused-ring (bicyclic) bond motifs is 1. The first-order valence-corrected chi connectivity index (χ1v) is 12.8. The Kier molecular flexibility index (Phi) is 6.91. The second-order valence-electron chi connectivity index (χ2n) is 9.77. The summed E-state index contributed by atoms with van der Waals surface area (Å²) in [5.74, 6) is 2.49. The Morgan fingerprint density at radius 3 is 2.46 bits per heavy atom. The molecule has 1 aromatic heterocycles. The van der Waals surface area contributed by atoms with Crippen molar-refractivity contribution in [1.29, 1.82) is 0 Å². The van der Waals surface area contributed by atoms with Gasteiger partial charge in [0.2, 0.25) is 5.95 Å². The summed E-state index contributed by atoms with van der Waals surface area (Å²) in [6.45, 7) is 6.20. The summed E-state index contributed by atoms with van der Waals surface area (Å²) >= 11 is 6.03. The summed E-state index contributed by atoms with van der Waals surface area (Å²) in [4.78, 5) is 29.8. The molecule has 0 radical (unpaired) electrons. The van der Waals surface area contributed by atoms with E-state index in [9.17, 15) is 4.79 Å². The fourth-order valence-corrected chi connectivity index (χ4v) is 5.04. The summed E-state index contributed by atoms with van der Waals surface area (Å²) in [7, 11) is 2.05. The maximum absolute atomic E-state index is 13.2. The van der Waals surface area contributed by atoms with Gasteiger partial charge in [0.05, 0.1) is 12.2 Å². The van der Waals surface area contributed by atoms with Crippen molar-refractivity contribution in [1.82, 2.24) is 14.9 Å². The minimum absolute atomic E-state index is 0.0239. The number of hydrogen-bond donors (Lipinski definition) is 0. The molecule has 2 aliphatic heterocycles. The standard InChI is InChI=1S/C28H32ClN5O/c1-20-12-15-33(16-13-20)26-24-19-34(27(35)22-8-10-23(29)11-9-22)17-14-25(24)30-28(31-26)32(2)18-21-6-4-3-5-7-21/h3-11,20H,12-19H2,1-2H3. The highest BCUT2D eigenvalue weighted by molar-refractivity contribution is 6.30. The van der Waals surface area contributed by atoms with Crippen LogP contribution in [0.25, 0.3) is 0 Å². The topological polar surface area (TPSA) is 52.6 Å². The lowest BCUT2D eigenvalue weighted by molar-refractivity contribution is 0.0733. The van der Waals surface area contributed by atoms with Crippen LogP contribution in [0.15, 0.2) is 54.6 Å². The molecule has 3 heterocycles. The molecule has 0 N–H and O–H groups in total. The molecule has 2 aromatic carbocycles. The van der Waals surface area contributed by atoms with E-state index in [0.717, 1.165) is 67.8 Å². The van der Waals surface area contributed by atoms with Gasteiger partial charge in [-0.25, -0.2) is 4.98 Å². The molecule has 0 aliphatic carbocycles. The minimum atomic E-state index is 0.0239. The lowest BCUT2D eigenvalue weighted by atomic mass is 9.98. The third kappa shape index (κ3) is 5.27. The van der Waals surface area contributed by atoms with Crippen LogP contribution in [0.1, 0.15) is 46.9 Å². The Labute approximate surface area is 212 Å². The zero-order valence-corrected chi connectivity index (χ0v) is 21.2. The number of benzene rings is 2. The number of anilines is 2. The van der Waals surface area contributed by atoms with Gasteiger partial charge in [0.25, 0.3) is 5.91 Å². The molecule has 6 nitrogen and oxygen atoms in total. The van der Waals surface area contributed by atoms with Gasteiger partial charge in [0, 0.05) is 55.8 Å². The van der Waals surface area contributed by atoms with E-state index in [4.69, 9.17) is 21.6 Å². The molecule has 0 atom stereocenters. The van der Waals surface area contributed by atoms with Crippen LogP contribution in [0.5, 0.6) is 0 Å². The number of nitrogens with zero attached hydrogens (tertiary/aromatic N) is 5.